The first-order chi connectivity index (χ1) is 17.5. The molecule has 0 spiro atoms. The number of nitriles is 1. The van der Waals surface area contributed by atoms with Gasteiger partial charge < -0.3 is 20.7 Å². The summed E-state index contributed by atoms with van der Waals surface area (Å²) < 4.78 is 22.7. The van der Waals surface area contributed by atoms with Crippen molar-refractivity contribution in [3.63, 3.8) is 0 Å². The van der Waals surface area contributed by atoms with E-state index in [1.54, 1.807) is 50.1 Å². The van der Waals surface area contributed by atoms with Crippen LogP contribution in [0.15, 0.2) is 36.9 Å². The third kappa shape index (κ3) is 8.01. The summed E-state index contributed by atoms with van der Waals surface area (Å²) in [5.74, 6) is -0.548. The summed E-state index contributed by atoms with van der Waals surface area (Å²) in [6.45, 7) is 9.09. The van der Waals surface area contributed by atoms with Gasteiger partial charge in [0.15, 0.2) is 17.5 Å². The fourth-order valence-electron chi connectivity index (χ4n) is 3.42. The van der Waals surface area contributed by atoms with Gasteiger partial charge in [-0.05, 0) is 58.7 Å². The molecule has 10 nitrogen and oxygen atoms in total. The third-order valence-electron chi connectivity index (χ3n) is 5.15. The summed E-state index contributed by atoms with van der Waals surface area (Å²) in [7, 11) is 0. The van der Waals surface area contributed by atoms with Gasteiger partial charge in [-0.2, -0.15) is 10.4 Å². The zero-order chi connectivity index (χ0) is 27.2. The van der Waals surface area contributed by atoms with E-state index in [-0.39, 0.29) is 23.2 Å². The van der Waals surface area contributed by atoms with Gasteiger partial charge in [0.25, 0.3) is 0 Å². The molecule has 3 aromatic heterocycles. The Morgan fingerprint density at radius 3 is 2.65 bits per heavy atom. The number of alkyl halides is 1. The molecule has 0 saturated carbocycles. The number of alkyl carbamates (subject to hydrolysis) is 1. The molecule has 3 aromatic rings. The molecule has 2 atom stereocenters. The lowest BCUT2D eigenvalue weighted by molar-refractivity contribution is 0.0503. The zero-order valence-corrected chi connectivity index (χ0v) is 23.5. The van der Waals surface area contributed by atoms with E-state index in [0.717, 1.165) is 16.1 Å². The second-order valence-electron chi connectivity index (χ2n) is 9.51. The highest BCUT2D eigenvalue weighted by Gasteiger charge is 2.24. The lowest BCUT2D eigenvalue weighted by Gasteiger charge is -2.28. The molecule has 12 heteroatoms. The number of aromatic nitrogens is 4. The number of hydrogen-bond acceptors (Lipinski definition) is 8. The molecule has 3 heterocycles. The van der Waals surface area contributed by atoms with Crippen molar-refractivity contribution in [2.45, 2.75) is 58.7 Å². The molecule has 3 N–H and O–H groups in total. The average Bonchev–Trinajstić information content (AvgIpc) is 3.25. The first kappa shape index (κ1) is 28.1. The smallest absolute Gasteiger partial charge is 0.407 e. The second kappa shape index (κ2) is 12.2. The topological polar surface area (TPSA) is 130 Å². The maximum Gasteiger partial charge on any atom is 0.407 e. The maximum absolute atomic E-state index is 15.0. The minimum atomic E-state index is -0.677. The minimum absolute atomic E-state index is 0.0359. The van der Waals surface area contributed by atoms with E-state index in [2.05, 4.69) is 53.6 Å². The van der Waals surface area contributed by atoms with Crippen LogP contribution in [0.1, 0.15) is 45.2 Å². The van der Waals surface area contributed by atoms with Crippen LogP contribution < -0.4 is 16.0 Å². The molecule has 0 saturated heterocycles. The molecule has 3 rings (SSSR count). The van der Waals surface area contributed by atoms with Crippen LogP contribution in [0, 0.1) is 24.1 Å². The number of nitrogens with zero attached hydrogens (tertiary/aromatic N) is 5. The monoisotopic (exact) mass is 620 g/mol. The highest BCUT2D eigenvalue weighted by atomic mass is 127. The summed E-state index contributed by atoms with van der Waals surface area (Å²) >= 11 is 2.22. The normalized spacial score (nSPS) is 12.8. The van der Waals surface area contributed by atoms with Gasteiger partial charge in [0, 0.05) is 22.7 Å². The van der Waals surface area contributed by atoms with Crippen molar-refractivity contribution in [1.29, 1.82) is 5.26 Å². The van der Waals surface area contributed by atoms with E-state index >= 15 is 0 Å². The van der Waals surface area contributed by atoms with Crippen LogP contribution in [-0.4, -0.2) is 48.0 Å². The van der Waals surface area contributed by atoms with Gasteiger partial charge in [-0.3, -0.25) is 4.98 Å². The Labute approximate surface area is 229 Å². The summed E-state index contributed by atoms with van der Waals surface area (Å²) in [6.07, 6.45) is 6.89. The van der Waals surface area contributed by atoms with E-state index < -0.39 is 23.6 Å². The summed E-state index contributed by atoms with van der Waals surface area (Å²) in [5, 5.41) is 22.8. The maximum atomic E-state index is 15.0. The fourth-order valence-corrected chi connectivity index (χ4v) is 4.09. The number of hydrogen-bond donors (Lipinski definition) is 3. The van der Waals surface area contributed by atoms with Gasteiger partial charge in [0.1, 0.15) is 11.7 Å². The molecule has 37 heavy (non-hydrogen) atoms. The third-order valence-corrected chi connectivity index (χ3v) is 5.77. The molecule has 196 valence electrons. The van der Waals surface area contributed by atoms with Gasteiger partial charge in [0.2, 0.25) is 0 Å². The Morgan fingerprint density at radius 2 is 2.03 bits per heavy atom. The fraction of sp³-hybridized carbons (Fsp3) is 0.400. The predicted octanol–water partition coefficient (Wildman–Crippen LogP) is 5.24. The summed E-state index contributed by atoms with van der Waals surface area (Å²) in [5.41, 5.74) is 1.66. The number of rotatable bonds is 9. The van der Waals surface area contributed by atoms with Gasteiger partial charge in [-0.15, -0.1) is 0 Å². The van der Waals surface area contributed by atoms with E-state index in [9.17, 15) is 14.4 Å². The lowest BCUT2D eigenvalue weighted by atomic mass is 10.1. The summed E-state index contributed by atoms with van der Waals surface area (Å²) in [6, 6.07) is 4.16. The molecule has 0 aromatic carbocycles. The van der Waals surface area contributed by atoms with Crippen molar-refractivity contribution in [2.24, 2.45) is 0 Å². The van der Waals surface area contributed by atoms with Crippen LogP contribution in [-0.2, 0) is 4.74 Å². The number of aryl methyl sites for hydroxylation is 1. The highest BCUT2D eigenvalue weighted by Crippen LogP contribution is 2.25. The van der Waals surface area contributed by atoms with Crippen LogP contribution in [0.3, 0.4) is 0 Å². The Morgan fingerprint density at radius 1 is 1.27 bits per heavy atom. The van der Waals surface area contributed by atoms with Crippen molar-refractivity contribution in [2.75, 3.05) is 15.1 Å². The van der Waals surface area contributed by atoms with Crippen molar-refractivity contribution < 1.29 is 13.9 Å². The highest BCUT2D eigenvalue weighted by molar-refractivity contribution is 14.1. The van der Waals surface area contributed by atoms with Crippen molar-refractivity contribution in [3.05, 3.63) is 53.9 Å². The first-order valence-electron chi connectivity index (χ1n) is 11.7. The second-order valence-corrected chi connectivity index (χ2v) is 10.6. The Hall–Kier alpha value is -3.47. The molecule has 0 bridgehead atoms. The number of anilines is 3. The Balaban J connectivity index is 1.84. The van der Waals surface area contributed by atoms with Gasteiger partial charge in [-0.25, -0.2) is 18.9 Å². The van der Waals surface area contributed by atoms with Crippen LogP contribution in [0.25, 0.3) is 5.69 Å². The zero-order valence-electron chi connectivity index (χ0n) is 21.3. The molecule has 0 aliphatic rings. The standard InChI is InChI=1S/C25H30FIN8O2/c1-15-11-30-35(14-15)19-9-18(12-29-13-19)32-22-17(10-28)8-20(26)23(34-22)33-21(6-7-27)16(2)31-24(36)37-25(3,4)5/h8-9,11-14,16,21H,6-7H2,1-5H3,(H,31,36)(H2,32,33,34)/t16-,21+/m0/s1. The molecule has 0 fully saturated rings. The van der Waals surface area contributed by atoms with E-state index in [1.807, 2.05) is 26.1 Å². The van der Waals surface area contributed by atoms with E-state index in [0.29, 0.717) is 17.8 Å². The molecule has 1 amide bonds. The first-order valence-corrected chi connectivity index (χ1v) is 13.2. The lowest BCUT2D eigenvalue weighted by Crippen LogP contribution is -2.47. The van der Waals surface area contributed by atoms with Crippen molar-refractivity contribution >= 4 is 46.0 Å². The van der Waals surface area contributed by atoms with Crippen LogP contribution in [0.5, 0.6) is 0 Å². The van der Waals surface area contributed by atoms with Crippen molar-refractivity contribution in [3.8, 4) is 11.8 Å². The Bertz CT molecular complexity index is 1280. The average molecular weight is 620 g/mol. The van der Waals surface area contributed by atoms with Crippen molar-refractivity contribution in [1.82, 2.24) is 25.1 Å². The number of halogens is 2. The summed E-state index contributed by atoms with van der Waals surface area (Å²) in [4.78, 5) is 20.9. The number of pyridine rings is 2. The van der Waals surface area contributed by atoms with Crippen LogP contribution >= 0.6 is 22.6 Å². The molecular formula is C25H30FIN8O2. The molecule has 0 aliphatic heterocycles. The molecule has 0 aliphatic carbocycles. The molecular weight excluding hydrogens is 590 g/mol. The predicted molar refractivity (Wildman–Crippen MR) is 148 cm³/mol. The SMILES string of the molecule is Cc1cnn(-c2cncc(Nc3nc(N[C@H](CCI)[C@H](C)NC(=O)OC(C)(C)C)c(F)cc3C#N)c2)c1. The Kier molecular flexibility index (Phi) is 9.25. The van der Waals surface area contributed by atoms with Gasteiger partial charge in [-0.1, -0.05) is 22.6 Å². The van der Waals surface area contributed by atoms with Crippen LogP contribution in [0.4, 0.5) is 26.5 Å². The minimum Gasteiger partial charge on any atom is -0.444 e. The van der Waals surface area contributed by atoms with Crippen LogP contribution in [0.2, 0.25) is 0 Å². The molecule has 0 radical (unpaired) electrons. The number of ether oxygens (including phenoxy) is 1. The van der Waals surface area contributed by atoms with E-state index in [1.165, 1.54) is 0 Å². The number of carbonyl (C=O) groups excluding carboxylic acids is 1. The number of carbonyl (C=O) groups is 1. The number of nitrogens with one attached hydrogen (secondary N) is 3. The largest absolute Gasteiger partial charge is 0.444 e. The molecule has 0 unspecified atom stereocenters. The quantitative estimate of drug-likeness (QED) is 0.219. The van der Waals surface area contributed by atoms with E-state index in [4.69, 9.17) is 4.74 Å². The van der Waals surface area contributed by atoms with Gasteiger partial charge >= 0.3 is 6.09 Å². The van der Waals surface area contributed by atoms with Gasteiger partial charge in [0.05, 0.1) is 35.5 Å². The number of amides is 1.